The molecule has 0 fully saturated rings. The summed E-state index contributed by atoms with van der Waals surface area (Å²) in [6.45, 7) is 10.0. The molecule has 4 heteroatoms. The largest absolute Gasteiger partial charge is 0.490 e. The Bertz CT molecular complexity index is 407. The van der Waals surface area contributed by atoms with E-state index >= 15 is 0 Å². The molecule has 0 bridgehead atoms. The summed E-state index contributed by atoms with van der Waals surface area (Å²) in [5.74, 6) is 1.55. The molecule has 4 nitrogen and oxygen atoms in total. The van der Waals surface area contributed by atoms with Crippen molar-refractivity contribution in [2.45, 2.75) is 52.7 Å². The van der Waals surface area contributed by atoms with Crippen LogP contribution in [0.1, 0.15) is 52.1 Å². The van der Waals surface area contributed by atoms with E-state index in [1.807, 2.05) is 32.0 Å². The highest BCUT2D eigenvalue weighted by Crippen LogP contribution is 2.30. The molecule has 0 radical (unpaired) electrons. The van der Waals surface area contributed by atoms with Gasteiger partial charge >= 0.3 is 0 Å². The molecular formula is C17H29NO3. The van der Waals surface area contributed by atoms with E-state index in [9.17, 15) is 0 Å². The van der Waals surface area contributed by atoms with Crippen molar-refractivity contribution in [2.24, 2.45) is 5.73 Å². The second-order valence-corrected chi connectivity index (χ2v) is 5.39. The van der Waals surface area contributed by atoms with Crippen molar-refractivity contribution < 1.29 is 14.2 Å². The number of hydrogen-bond acceptors (Lipinski definition) is 4. The molecule has 0 amide bonds. The quantitative estimate of drug-likeness (QED) is 0.715. The van der Waals surface area contributed by atoms with Gasteiger partial charge in [-0.3, -0.25) is 0 Å². The zero-order valence-electron chi connectivity index (χ0n) is 13.7. The molecule has 120 valence electrons. The average molecular weight is 295 g/mol. The summed E-state index contributed by atoms with van der Waals surface area (Å²) < 4.78 is 17.1. The molecule has 0 aliphatic rings. The summed E-state index contributed by atoms with van der Waals surface area (Å²) >= 11 is 0. The molecule has 0 spiro atoms. The first-order valence-electron chi connectivity index (χ1n) is 7.85. The normalized spacial score (nSPS) is 12.5. The standard InChI is InChI=1S/C17H29NO3/c1-5-9-19-16-8-7-14(11-17(16)20-10-6-2)15(18)12-21-13(3)4/h7-8,11,13,15H,5-6,9-10,12,18H2,1-4H3. The van der Waals surface area contributed by atoms with Crippen LogP contribution >= 0.6 is 0 Å². The Balaban J connectivity index is 2.81. The van der Waals surface area contributed by atoms with Gasteiger partial charge in [-0.15, -0.1) is 0 Å². The van der Waals surface area contributed by atoms with Crippen molar-refractivity contribution in [3.8, 4) is 11.5 Å². The maximum atomic E-state index is 6.17. The fraction of sp³-hybridized carbons (Fsp3) is 0.647. The molecular weight excluding hydrogens is 266 g/mol. The maximum absolute atomic E-state index is 6.17. The number of rotatable bonds is 10. The zero-order chi connectivity index (χ0) is 15.7. The van der Waals surface area contributed by atoms with Crippen molar-refractivity contribution >= 4 is 0 Å². The fourth-order valence-electron chi connectivity index (χ4n) is 1.80. The summed E-state index contributed by atoms with van der Waals surface area (Å²) in [7, 11) is 0. The molecule has 0 aliphatic heterocycles. The highest BCUT2D eigenvalue weighted by Gasteiger charge is 2.12. The van der Waals surface area contributed by atoms with Crippen LogP contribution in [0, 0.1) is 0 Å². The van der Waals surface area contributed by atoms with E-state index in [0.29, 0.717) is 19.8 Å². The molecule has 1 aromatic carbocycles. The topological polar surface area (TPSA) is 53.7 Å². The Morgan fingerprint density at radius 2 is 1.62 bits per heavy atom. The van der Waals surface area contributed by atoms with Gasteiger partial charge < -0.3 is 19.9 Å². The molecule has 0 aliphatic carbocycles. The van der Waals surface area contributed by atoms with Crippen molar-refractivity contribution in [1.82, 2.24) is 0 Å². The van der Waals surface area contributed by atoms with Crippen LogP contribution in [0.15, 0.2) is 18.2 Å². The highest BCUT2D eigenvalue weighted by atomic mass is 16.5. The molecule has 1 rings (SSSR count). The van der Waals surface area contributed by atoms with E-state index in [0.717, 1.165) is 29.9 Å². The Morgan fingerprint density at radius 3 is 2.19 bits per heavy atom. The minimum Gasteiger partial charge on any atom is -0.490 e. The summed E-state index contributed by atoms with van der Waals surface area (Å²) in [5, 5.41) is 0. The van der Waals surface area contributed by atoms with E-state index in [1.165, 1.54) is 0 Å². The SMILES string of the molecule is CCCOc1ccc(C(N)COC(C)C)cc1OCCC. The minimum atomic E-state index is -0.156. The first-order chi connectivity index (χ1) is 10.1. The fourth-order valence-corrected chi connectivity index (χ4v) is 1.80. The second-order valence-electron chi connectivity index (χ2n) is 5.39. The van der Waals surface area contributed by atoms with Gasteiger partial charge in [0, 0.05) is 0 Å². The molecule has 1 atom stereocenters. The molecule has 21 heavy (non-hydrogen) atoms. The molecule has 2 N–H and O–H groups in total. The lowest BCUT2D eigenvalue weighted by Gasteiger charge is -2.18. The Kier molecular flexibility index (Phi) is 8.16. The van der Waals surface area contributed by atoms with Crippen LogP contribution in [-0.4, -0.2) is 25.9 Å². The Hall–Kier alpha value is -1.26. The van der Waals surface area contributed by atoms with Crippen LogP contribution in [0.4, 0.5) is 0 Å². The second kappa shape index (κ2) is 9.64. The van der Waals surface area contributed by atoms with E-state index in [4.69, 9.17) is 19.9 Å². The predicted molar refractivity (Wildman–Crippen MR) is 86.0 cm³/mol. The van der Waals surface area contributed by atoms with Gasteiger partial charge in [0.25, 0.3) is 0 Å². The lowest BCUT2D eigenvalue weighted by Crippen LogP contribution is -2.19. The van der Waals surface area contributed by atoms with E-state index in [2.05, 4.69) is 13.8 Å². The Morgan fingerprint density at radius 1 is 1.00 bits per heavy atom. The molecule has 0 aromatic heterocycles. The molecule has 0 heterocycles. The summed E-state index contributed by atoms with van der Waals surface area (Å²) in [5.41, 5.74) is 7.17. The summed E-state index contributed by atoms with van der Waals surface area (Å²) in [6.07, 6.45) is 2.11. The Labute approximate surface area is 128 Å². The van der Waals surface area contributed by atoms with Crippen molar-refractivity contribution in [3.63, 3.8) is 0 Å². The smallest absolute Gasteiger partial charge is 0.161 e. The molecule has 1 unspecified atom stereocenters. The third kappa shape index (κ3) is 6.36. The van der Waals surface area contributed by atoms with E-state index in [-0.39, 0.29) is 12.1 Å². The number of nitrogens with two attached hydrogens (primary N) is 1. The van der Waals surface area contributed by atoms with Gasteiger partial charge in [0.05, 0.1) is 32.0 Å². The zero-order valence-corrected chi connectivity index (χ0v) is 13.7. The summed E-state index contributed by atoms with van der Waals surface area (Å²) in [4.78, 5) is 0. The van der Waals surface area contributed by atoms with Crippen LogP contribution in [0.3, 0.4) is 0 Å². The highest BCUT2D eigenvalue weighted by molar-refractivity contribution is 5.44. The third-order valence-corrected chi connectivity index (χ3v) is 2.93. The third-order valence-electron chi connectivity index (χ3n) is 2.93. The van der Waals surface area contributed by atoms with Gasteiger partial charge in [0.2, 0.25) is 0 Å². The minimum absolute atomic E-state index is 0.156. The van der Waals surface area contributed by atoms with Crippen molar-refractivity contribution in [3.05, 3.63) is 23.8 Å². The lowest BCUT2D eigenvalue weighted by atomic mass is 10.1. The number of ether oxygens (including phenoxy) is 3. The first kappa shape index (κ1) is 17.8. The van der Waals surface area contributed by atoms with Crippen LogP contribution in [-0.2, 0) is 4.74 Å². The van der Waals surface area contributed by atoms with Crippen molar-refractivity contribution in [2.75, 3.05) is 19.8 Å². The van der Waals surface area contributed by atoms with Crippen molar-refractivity contribution in [1.29, 1.82) is 0 Å². The van der Waals surface area contributed by atoms with Gasteiger partial charge in [-0.1, -0.05) is 19.9 Å². The van der Waals surface area contributed by atoms with Crippen LogP contribution in [0.2, 0.25) is 0 Å². The molecule has 0 saturated heterocycles. The first-order valence-corrected chi connectivity index (χ1v) is 7.85. The van der Waals surface area contributed by atoms with Crippen LogP contribution in [0.5, 0.6) is 11.5 Å². The average Bonchev–Trinajstić information content (AvgIpc) is 2.48. The van der Waals surface area contributed by atoms with Gasteiger partial charge in [0.15, 0.2) is 11.5 Å². The van der Waals surface area contributed by atoms with E-state index in [1.54, 1.807) is 0 Å². The predicted octanol–water partition coefficient (Wildman–Crippen LogP) is 3.69. The van der Waals surface area contributed by atoms with Crippen LogP contribution < -0.4 is 15.2 Å². The monoisotopic (exact) mass is 295 g/mol. The number of benzene rings is 1. The van der Waals surface area contributed by atoms with Gasteiger partial charge in [-0.05, 0) is 44.4 Å². The molecule has 0 saturated carbocycles. The van der Waals surface area contributed by atoms with Gasteiger partial charge in [-0.25, -0.2) is 0 Å². The van der Waals surface area contributed by atoms with Crippen LogP contribution in [0.25, 0.3) is 0 Å². The lowest BCUT2D eigenvalue weighted by molar-refractivity contribution is 0.0682. The number of hydrogen-bond donors (Lipinski definition) is 1. The molecule has 1 aromatic rings. The maximum Gasteiger partial charge on any atom is 0.161 e. The van der Waals surface area contributed by atoms with Gasteiger partial charge in [-0.2, -0.15) is 0 Å². The van der Waals surface area contributed by atoms with E-state index < -0.39 is 0 Å². The van der Waals surface area contributed by atoms with Gasteiger partial charge in [0.1, 0.15) is 0 Å². The summed E-state index contributed by atoms with van der Waals surface area (Å²) in [6, 6.07) is 5.73.